The molecule has 0 radical (unpaired) electrons. The topological polar surface area (TPSA) is 58.6 Å². The van der Waals surface area contributed by atoms with Crippen molar-refractivity contribution in [2.45, 2.75) is 45.1 Å². The van der Waals surface area contributed by atoms with Crippen molar-refractivity contribution in [2.75, 3.05) is 32.8 Å². The van der Waals surface area contributed by atoms with Crippen molar-refractivity contribution < 1.29 is 9.53 Å². The highest BCUT2D eigenvalue weighted by atomic mass is 16.5. The first-order valence-electron chi connectivity index (χ1n) is 13.2. The van der Waals surface area contributed by atoms with Crippen LogP contribution in [0.25, 0.3) is 0 Å². The van der Waals surface area contributed by atoms with Crippen LogP contribution in [0, 0.1) is 5.41 Å². The molecule has 2 aromatic heterocycles. The van der Waals surface area contributed by atoms with Crippen LogP contribution < -0.4 is 4.74 Å². The number of aromatic nitrogens is 2. The summed E-state index contributed by atoms with van der Waals surface area (Å²) < 4.78 is 6.29. The van der Waals surface area contributed by atoms with E-state index in [9.17, 15) is 4.79 Å². The Morgan fingerprint density at radius 3 is 2.47 bits per heavy atom. The zero-order valence-corrected chi connectivity index (χ0v) is 21.0. The maximum atomic E-state index is 13.1. The lowest BCUT2D eigenvalue weighted by molar-refractivity contribution is 0.0360. The molecule has 2 aliphatic heterocycles. The second-order valence-corrected chi connectivity index (χ2v) is 10.3. The van der Waals surface area contributed by atoms with Crippen LogP contribution in [0.15, 0.2) is 73.3 Å². The van der Waals surface area contributed by atoms with Crippen molar-refractivity contribution in [3.63, 3.8) is 0 Å². The zero-order chi connectivity index (χ0) is 24.6. The second kappa shape index (κ2) is 11.7. The van der Waals surface area contributed by atoms with E-state index in [-0.39, 0.29) is 11.3 Å². The van der Waals surface area contributed by atoms with E-state index in [1.165, 1.54) is 24.0 Å². The lowest BCUT2D eigenvalue weighted by atomic mass is 9.73. The number of fused-ring (bicyclic) bond motifs is 1. The number of ether oxygens (including phenoxy) is 1. The number of rotatable bonds is 3. The normalized spacial score (nSPS) is 18.9. The van der Waals surface area contributed by atoms with E-state index in [1.54, 1.807) is 12.4 Å². The zero-order valence-electron chi connectivity index (χ0n) is 21.0. The predicted molar refractivity (Wildman–Crippen MR) is 141 cm³/mol. The number of likely N-dealkylation sites (tertiary alicyclic amines) is 1. The number of nitrogens with zero attached hydrogens (tertiary/aromatic N) is 4. The third-order valence-electron chi connectivity index (χ3n) is 7.75. The van der Waals surface area contributed by atoms with E-state index in [0.717, 1.165) is 64.2 Å². The van der Waals surface area contributed by atoms with Crippen LogP contribution in [-0.2, 0) is 13.0 Å². The Morgan fingerprint density at radius 2 is 1.69 bits per heavy atom. The van der Waals surface area contributed by atoms with Crippen LogP contribution in [0.3, 0.4) is 0 Å². The molecule has 6 heteroatoms. The molecular formula is C30H36N4O2. The number of aryl methyl sites for hydroxylation is 1. The number of pyridine rings is 2. The lowest BCUT2D eigenvalue weighted by Gasteiger charge is -2.45. The highest BCUT2D eigenvalue weighted by Gasteiger charge is 2.37. The number of carbonyl (C=O) groups excluding carboxylic acids is 1. The van der Waals surface area contributed by atoms with Crippen LogP contribution in [0.1, 0.15) is 53.6 Å². The van der Waals surface area contributed by atoms with Crippen LogP contribution in [0.4, 0.5) is 0 Å². The smallest absolute Gasteiger partial charge is 0.255 e. The second-order valence-electron chi connectivity index (χ2n) is 10.3. The third-order valence-corrected chi connectivity index (χ3v) is 7.75. The first-order chi connectivity index (χ1) is 17.7. The van der Waals surface area contributed by atoms with Gasteiger partial charge in [0.1, 0.15) is 12.4 Å². The SMILES string of the molecule is O=C(c1cccnc1)N1CCC2(CCCCc3ccccc3OCCN(Cc3cccnc3)C2)CC1. The summed E-state index contributed by atoms with van der Waals surface area (Å²) in [5, 5.41) is 0. The monoisotopic (exact) mass is 484 g/mol. The molecule has 1 aromatic carbocycles. The standard InChI is InChI=1S/C30H36N4O2/c35-29(27-10-6-16-32-22-27)34-17-13-30(14-18-34)12-4-3-9-26-8-1-2-11-28(26)36-20-19-33(24-30)23-25-7-5-15-31-21-25/h1-2,5-8,10-11,15-16,21-22H,3-4,9,12-14,17-20,23-24H2. The van der Waals surface area contributed by atoms with E-state index < -0.39 is 0 Å². The summed E-state index contributed by atoms with van der Waals surface area (Å²) in [7, 11) is 0. The molecule has 1 amide bonds. The van der Waals surface area contributed by atoms with Crippen molar-refractivity contribution in [3.8, 4) is 5.75 Å². The molecule has 0 atom stereocenters. The van der Waals surface area contributed by atoms with Crippen molar-refractivity contribution >= 4 is 5.91 Å². The van der Waals surface area contributed by atoms with E-state index in [4.69, 9.17) is 4.74 Å². The summed E-state index contributed by atoms with van der Waals surface area (Å²) in [6.45, 7) is 5.00. The lowest BCUT2D eigenvalue weighted by Crippen LogP contribution is -2.48. The van der Waals surface area contributed by atoms with Crippen molar-refractivity contribution in [2.24, 2.45) is 5.41 Å². The van der Waals surface area contributed by atoms with Crippen molar-refractivity contribution in [3.05, 3.63) is 90.0 Å². The molecule has 0 unspecified atom stereocenters. The molecule has 1 fully saturated rings. The molecule has 0 bridgehead atoms. The fraction of sp³-hybridized carbons (Fsp3) is 0.433. The van der Waals surface area contributed by atoms with Gasteiger partial charge in [-0.1, -0.05) is 30.7 Å². The van der Waals surface area contributed by atoms with Gasteiger partial charge in [-0.25, -0.2) is 0 Å². The minimum absolute atomic E-state index is 0.100. The van der Waals surface area contributed by atoms with Gasteiger partial charge in [0.25, 0.3) is 5.91 Å². The molecular weight excluding hydrogens is 448 g/mol. The highest BCUT2D eigenvalue weighted by molar-refractivity contribution is 5.93. The van der Waals surface area contributed by atoms with Gasteiger partial charge in [0.2, 0.25) is 0 Å². The Hall–Kier alpha value is -3.25. The third kappa shape index (κ3) is 6.11. The maximum Gasteiger partial charge on any atom is 0.255 e. The first kappa shape index (κ1) is 24.4. The molecule has 1 saturated heterocycles. The van der Waals surface area contributed by atoms with Crippen LogP contribution in [-0.4, -0.2) is 58.5 Å². The van der Waals surface area contributed by atoms with Gasteiger partial charge >= 0.3 is 0 Å². The number of hydrogen-bond acceptors (Lipinski definition) is 5. The largest absolute Gasteiger partial charge is 0.492 e. The van der Waals surface area contributed by atoms with Crippen molar-refractivity contribution in [1.82, 2.24) is 19.8 Å². The van der Waals surface area contributed by atoms with Crippen LogP contribution in [0.2, 0.25) is 0 Å². The molecule has 0 aliphatic carbocycles. The Morgan fingerprint density at radius 1 is 0.889 bits per heavy atom. The Bertz CT molecular complexity index is 1110. The molecule has 1 spiro atoms. The van der Waals surface area contributed by atoms with Gasteiger partial charge in [0.05, 0.1) is 5.56 Å². The minimum Gasteiger partial charge on any atom is -0.492 e. The van der Waals surface area contributed by atoms with Gasteiger partial charge in [0, 0.05) is 57.5 Å². The number of para-hydroxylation sites is 1. The van der Waals surface area contributed by atoms with E-state index in [1.807, 2.05) is 35.5 Å². The molecule has 188 valence electrons. The number of piperidine rings is 1. The van der Waals surface area contributed by atoms with Crippen LogP contribution in [0.5, 0.6) is 5.75 Å². The maximum absolute atomic E-state index is 13.1. The summed E-state index contributed by atoms with van der Waals surface area (Å²) in [5.41, 5.74) is 3.42. The number of carbonyl (C=O) groups is 1. The molecule has 6 nitrogen and oxygen atoms in total. The van der Waals surface area contributed by atoms with E-state index in [2.05, 4.69) is 45.2 Å². The minimum atomic E-state index is 0.100. The summed E-state index contributed by atoms with van der Waals surface area (Å²) in [6.07, 6.45) is 13.8. The molecule has 2 aliphatic rings. The van der Waals surface area contributed by atoms with Crippen molar-refractivity contribution in [1.29, 1.82) is 0 Å². The average Bonchev–Trinajstić information content (AvgIpc) is 2.92. The van der Waals surface area contributed by atoms with Gasteiger partial charge in [-0.2, -0.15) is 0 Å². The van der Waals surface area contributed by atoms with Gasteiger partial charge in [-0.3, -0.25) is 19.7 Å². The Balaban J connectivity index is 1.32. The van der Waals surface area contributed by atoms with Gasteiger partial charge < -0.3 is 9.64 Å². The van der Waals surface area contributed by atoms with Gasteiger partial charge in [0.15, 0.2) is 0 Å². The quantitative estimate of drug-likeness (QED) is 0.523. The fourth-order valence-electron chi connectivity index (χ4n) is 5.73. The highest BCUT2D eigenvalue weighted by Crippen LogP contribution is 2.39. The Kier molecular flexibility index (Phi) is 7.91. The number of amides is 1. The van der Waals surface area contributed by atoms with E-state index in [0.29, 0.717) is 12.2 Å². The van der Waals surface area contributed by atoms with Crippen LogP contribution >= 0.6 is 0 Å². The van der Waals surface area contributed by atoms with Gasteiger partial charge in [-0.05, 0) is 72.9 Å². The first-order valence-corrected chi connectivity index (χ1v) is 13.2. The predicted octanol–water partition coefficient (Wildman–Crippen LogP) is 5.01. The molecule has 0 N–H and O–H groups in total. The fourth-order valence-corrected chi connectivity index (χ4v) is 5.73. The summed E-state index contributed by atoms with van der Waals surface area (Å²) in [4.78, 5) is 26.1. The average molecular weight is 485 g/mol. The molecule has 5 rings (SSSR count). The summed E-state index contributed by atoms with van der Waals surface area (Å²) in [5.74, 6) is 1.12. The molecule has 0 saturated carbocycles. The Labute approximate surface area is 214 Å². The summed E-state index contributed by atoms with van der Waals surface area (Å²) in [6, 6.07) is 16.3. The molecule has 3 aromatic rings. The summed E-state index contributed by atoms with van der Waals surface area (Å²) >= 11 is 0. The van der Waals surface area contributed by atoms with E-state index >= 15 is 0 Å². The number of benzene rings is 1. The number of hydrogen-bond donors (Lipinski definition) is 0. The van der Waals surface area contributed by atoms with Gasteiger partial charge in [-0.15, -0.1) is 0 Å². The molecule has 4 heterocycles. The molecule has 36 heavy (non-hydrogen) atoms.